The highest BCUT2D eigenvalue weighted by Crippen LogP contribution is 2.25. The summed E-state index contributed by atoms with van der Waals surface area (Å²) in [4.78, 5) is 2.25. The van der Waals surface area contributed by atoms with E-state index in [0.29, 0.717) is 0 Å². The van der Waals surface area contributed by atoms with E-state index in [0.717, 1.165) is 0 Å². The average Bonchev–Trinajstić information content (AvgIpc) is 1.87. The molecule has 0 aromatic rings. The Morgan fingerprint density at radius 2 is 1.91 bits per heavy atom. The summed E-state index contributed by atoms with van der Waals surface area (Å²) >= 11 is 0. The summed E-state index contributed by atoms with van der Waals surface area (Å²) in [6.07, 6.45) is 2.40. The van der Waals surface area contributed by atoms with Gasteiger partial charge in [0, 0.05) is 5.54 Å². The Bertz CT molecular complexity index is 138. The Balaban J connectivity index is 4.38. The number of nitrogens with zero attached hydrogens (tertiary/aromatic N) is 1. The Morgan fingerprint density at radius 1 is 1.45 bits per heavy atom. The smallest absolute Gasteiger partial charge is 0.0380 e. The molecule has 1 heteroatoms. The molecule has 0 saturated carbocycles. The predicted molar refractivity (Wildman–Crippen MR) is 51.8 cm³/mol. The van der Waals surface area contributed by atoms with Gasteiger partial charge in [-0.2, -0.15) is 0 Å². The van der Waals surface area contributed by atoms with E-state index in [1.54, 1.807) is 0 Å². The van der Waals surface area contributed by atoms with E-state index in [1.807, 2.05) is 0 Å². The van der Waals surface area contributed by atoms with Crippen LogP contribution in [0, 0.1) is 0 Å². The standard InChI is InChI=1S/C10H21N/c1-7-8-10(4,9(2)3)11(5)6/h2,7-8H2,1,3-6H3. The second-order valence-corrected chi connectivity index (χ2v) is 3.70. The van der Waals surface area contributed by atoms with Gasteiger partial charge in [0.1, 0.15) is 0 Å². The van der Waals surface area contributed by atoms with Crippen LogP contribution in [0.1, 0.15) is 33.6 Å². The van der Waals surface area contributed by atoms with Crippen molar-refractivity contribution in [1.29, 1.82) is 0 Å². The molecule has 1 nitrogen and oxygen atoms in total. The van der Waals surface area contributed by atoms with Gasteiger partial charge in [0.2, 0.25) is 0 Å². The zero-order valence-corrected chi connectivity index (χ0v) is 8.57. The van der Waals surface area contributed by atoms with Gasteiger partial charge in [0.05, 0.1) is 0 Å². The molecule has 0 amide bonds. The van der Waals surface area contributed by atoms with Crippen molar-refractivity contribution in [1.82, 2.24) is 4.90 Å². The van der Waals surface area contributed by atoms with E-state index >= 15 is 0 Å². The molecule has 1 atom stereocenters. The third kappa shape index (κ3) is 2.33. The predicted octanol–water partition coefficient (Wildman–Crippen LogP) is 2.68. The molecule has 1 unspecified atom stereocenters. The highest BCUT2D eigenvalue weighted by molar-refractivity contribution is 5.11. The molecule has 0 N–H and O–H groups in total. The van der Waals surface area contributed by atoms with E-state index in [2.05, 4.69) is 46.3 Å². The summed E-state index contributed by atoms with van der Waals surface area (Å²) in [6.45, 7) is 10.6. The summed E-state index contributed by atoms with van der Waals surface area (Å²) in [6, 6.07) is 0. The largest absolute Gasteiger partial charge is 0.300 e. The van der Waals surface area contributed by atoms with Gasteiger partial charge in [-0.1, -0.05) is 25.5 Å². The lowest BCUT2D eigenvalue weighted by Gasteiger charge is -2.37. The fraction of sp³-hybridized carbons (Fsp3) is 0.800. The first-order valence-corrected chi connectivity index (χ1v) is 4.28. The zero-order chi connectivity index (χ0) is 9.07. The molecule has 0 spiro atoms. The lowest BCUT2D eigenvalue weighted by Crippen LogP contribution is -2.41. The molecule has 0 bridgehead atoms. The van der Waals surface area contributed by atoms with Crippen LogP contribution in [0.25, 0.3) is 0 Å². The quantitative estimate of drug-likeness (QED) is 0.564. The highest BCUT2D eigenvalue weighted by Gasteiger charge is 2.25. The Hall–Kier alpha value is -0.300. The molecular weight excluding hydrogens is 134 g/mol. The third-order valence-electron chi connectivity index (χ3n) is 2.64. The van der Waals surface area contributed by atoms with Crippen LogP contribution in [-0.2, 0) is 0 Å². The molecule has 0 radical (unpaired) electrons. The van der Waals surface area contributed by atoms with Gasteiger partial charge >= 0.3 is 0 Å². The fourth-order valence-electron chi connectivity index (χ4n) is 1.31. The Kier molecular flexibility index (Phi) is 3.81. The van der Waals surface area contributed by atoms with Gasteiger partial charge in [0.15, 0.2) is 0 Å². The number of likely N-dealkylation sites (N-methyl/N-ethyl adjacent to an activating group) is 1. The molecule has 66 valence electrons. The Morgan fingerprint density at radius 3 is 2.00 bits per heavy atom. The van der Waals surface area contributed by atoms with Crippen molar-refractivity contribution in [3.8, 4) is 0 Å². The van der Waals surface area contributed by atoms with E-state index in [4.69, 9.17) is 0 Å². The number of hydrogen-bond acceptors (Lipinski definition) is 1. The van der Waals surface area contributed by atoms with Crippen LogP contribution < -0.4 is 0 Å². The minimum Gasteiger partial charge on any atom is -0.300 e. The molecule has 0 aliphatic carbocycles. The maximum absolute atomic E-state index is 4.03. The van der Waals surface area contributed by atoms with Gasteiger partial charge < -0.3 is 4.90 Å². The molecule has 0 saturated heterocycles. The van der Waals surface area contributed by atoms with Crippen LogP contribution in [0.2, 0.25) is 0 Å². The van der Waals surface area contributed by atoms with Crippen LogP contribution in [0.3, 0.4) is 0 Å². The van der Waals surface area contributed by atoms with Gasteiger partial charge in [-0.15, -0.1) is 0 Å². The minimum atomic E-state index is 0.189. The summed E-state index contributed by atoms with van der Waals surface area (Å²) < 4.78 is 0. The summed E-state index contributed by atoms with van der Waals surface area (Å²) in [5, 5.41) is 0. The van der Waals surface area contributed by atoms with Crippen molar-refractivity contribution in [2.45, 2.75) is 39.2 Å². The van der Waals surface area contributed by atoms with Crippen molar-refractivity contribution < 1.29 is 0 Å². The van der Waals surface area contributed by atoms with Gasteiger partial charge in [-0.25, -0.2) is 0 Å². The SMILES string of the molecule is C=C(C)C(C)(CCC)N(C)C. The van der Waals surface area contributed by atoms with Crippen LogP contribution in [0.4, 0.5) is 0 Å². The molecule has 0 aliphatic heterocycles. The fourth-order valence-corrected chi connectivity index (χ4v) is 1.31. The second kappa shape index (κ2) is 3.91. The summed E-state index contributed by atoms with van der Waals surface area (Å²) in [5.41, 5.74) is 1.44. The average molecular weight is 155 g/mol. The van der Waals surface area contributed by atoms with E-state index in [9.17, 15) is 0 Å². The van der Waals surface area contributed by atoms with Crippen molar-refractivity contribution in [3.63, 3.8) is 0 Å². The van der Waals surface area contributed by atoms with E-state index in [1.165, 1.54) is 18.4 Å². The van der Waals surface area contributed by atoms with Gasteiger partial charge in [-0.3, -0.25) is 0 Å². The van der Waals surface area contributed by atoms with E-state index in [-0.39, 0.29) is 5.54 Å². The van der Waals surface area contributed by atoms with E-state index < -0.39 is 0 Å². The van der Waals surface area contributed by atoms with Crippen LogP contribution >= 0.6 is 0 Å². The van der Waals surface area contributed by atoms with Crippen molar-refractivity contribution in [2.75, 3.05) is 14.1 Å². The van der Waals surface area contributed by atoms with Gasteiger partial charge in [0.25, 0.3) is 0 Å². The molecule has 0 aromatic carbocycles. The van der Waals surface area contributed by atoms with Crippen LogP contribution in [0.5, 0.6) is 0 Å². The lowest BCUT2D eigenvalue weighted by atomic mass is 9.88. The first kappa shape index (κ1) is 10.7. The summed E-state index contributed by atoms with van der Waals surface area (Å²) in [7, 11) is 4.23. The first-order valence-electron chi connectivity index (χ1n) is 4.28. The van der Waals surface area contributed by atoms with Crippen LogP contribution in [-0.4, -0.2) is 24.5 Å². The normalized spacial score (nSPS) is 16.5. The van der Waals surface area contributed by atoms with Crippen LogP contribution in [0.15, 0.2) is 12.2 Å². The van der Waals surface area contributed by atoms with Crippen molar-refractivity contribution in [2.24, 2.45) is 0 Å². The Labute approximate surface area is 71.1 Å². The highest BCUT2D eigenvalue weighted by atomic mass is 15.1. The minimum absolute atomic E-state index is 0.189. The maximum Gasteiger partial charge on any atom is 0.0380 e. The lowest BCUT2D eigenvalue weighted by molar-refractivity contribution is 0.200. The number of hydrogen-bond donors (Lipinski definition) is 0. The maximum atomic E-state index is 4.03. The molecule has 0 rings (SSSR count). The van der Waals surface area contributed by atoms with Crippen molar-refractivity contribution >= 4 is 0 Å². The third-order valence-corrected chi connectivity index (χ3v) is 2.64. The molecule has 0 aliphatic rings. The molecule has 11 heavy (non-hydrogen) atoms. The topological polar surface area (TPSA) is 3.24 Å². The molecule has 0 heterocycles. The second-order valence-electron chi connectivity index (χ2n) is 3.70. The monoisotopic (exact) mass is 155 g/mol. The summed E-state index contributed by atoms with van der Waals surface area (Å²) in [5.74, 6) is 0. The van der Waals surface area contributed by atoms with Gasteiger partial charge in [-0.05, 0) is 34.4 Å². The molecule has 0 fully saturated rings. The zero-order valence-electron chi connectivity index (χ0n) is 8.57. The molecular formula is C10H21N. The van der Waals surface area contributed by atoms with Crippen molar-refractivity contribution in [3.05, 3.63) is 12.2 Å². The first-order chi connectivity index (χ1) is 4.95. The number of rotatable bonds is 4. The molecule has 0 aromatic heterocycles.